The zero-order valence-electron chi connectivity index (χ0n) is 13.5. The summed E-state index contributed by atoms with van der Waals surface area (Å²) in [4.78, 5) is 14.0. The van der Waals surface area contributed by atoms with E-state index < -0.39 is 23.8 Å². The summed E-state index contributed by atoms with van der Waals surface area (Å²) in [7, 11) is 0. The van der Waals surface area contributed by atoms with Crippen molar-refractivity contribution in [1.82, 2.24) is 14.7 Å². The standard InChI is InChI=1S/C17H19F2N3O2/c1-10-5-11(2)22(20-10)9-17(24)21-8-13(23)7-16(21)14-6-12(18)3-4-15(14)19/h3-6,13,16,23H,7-9H2,1-2H3. The number of benzene rings is 1. The number of aliphatic hydroxyl groups is 1. The van der Waals surface area contributed by atoms with Gasteiger partial charge in [-0.15, -0.1) is 0 Å². The Labute approximate surface area is 138 Å². The van der Waals surface area contributed by atoms with Crippen LogP contribution in [-0.2, 0) is 11.3 Å². The summed E-state index contributed by atoms with van der Waals surface area (Å²) in [5.41, 5.74) is 1.73. The first-order valence-corrected chi connectivity index (χ1v) is 7.78. The summed E-state index contributed by atoms with van der Waals surface area (Å²) in [6.45, 7) is 3.77. The highest BCUT2D eigenvalue weighted by Gasteiger charge is 2.37. The molecule has 0 bridgehead atoms. The van der Waals surface area contributed by atoms with Gasteiger partial charge >= 0.3 is 0 Å². The summed E-state index contributed by atoms with van der Waals surface area (Å²) >= 11 is 0. The van der Waals surface area contributed by atoms with Crippen molar-refractivity contribution in [3.05, 3.63) is 52.9 Å². The summed E-state index contributed by atoms with van der Waals surface area (Å²) in [5, 5.41) is 14.2. The van der Waals surface area contributed by atoms with Crippen LogP contribution in [0.5, 0.6) is 0 Å². The molecule has 0 saturated carbocycles. The predicted molar refractivity (Wildman–Crippen MR) is 83.1 cm³/mol. The molecule has 2 heterocycles. The van der Waals surface area contributed by atoms with Crippen LogP contribution in [-0.4, -0.2) is 38.3 Å². The molecule has 7 heteroatoms. The molecule has 128 valence electrons. The van der Waals surface area contributed by atoms with Gasteiger partial charge in [0.25, 0.3) is 0 Å². The van der Waals surface area contributed by atoms with Gasteiger partial charge < -0.3 is 10.0 Å². The van der Waals surface area contributed by atoms with Gasteiger partial charge in [-0.1, -0.05) is 0 Å². The van der Waals surface area contributed by atoms with Crippen molar-refractivity contribution < 1.29 is 18.7 Å². The van der Waals surface area contributed by atoms with Crippen molar-refractivity contribution in [1.29, 1.82) is 0 Å². The molecule has 1 amide bonds. The van der Waals surface area contributed by atoms with Crippen LogP contribution in [0.1, 0.15) is 29.4 Å². The largest absolute Gasteiger partial charge is 0.391 e. The second-order valence-corrected chi connectivity index (χ2v) is 6.20. The lowest BCUT2D eigenvalue weighted by atomic mass is 10.0. The number of carbonyl (C=O) groups is 1. The van der Waals surface area contributed by atoms with Crippen LogP contribution in [0.15, 0.2) is 24.3 Å². The fraction of sp³-hybridized carbons (Fsp3) is 0.412. The van der Waals surface area contributed by atoms with E-state index in [4.69, 9.17) is 0 Å². The number of amides is 1. The van der Waals surface area contributed by atoms with Crippen molar-refractivity contribution in [2.24, 2.45) is 0 Å². The summed E-state index contributed by atoms with van der Waals surface area (Å²) in [5.74, 6) is -1.44. The SMILES string of the molecule is Cc1cc(C)n(CC(=O)N2CC(O)CC2c2cc(F)ccc2F)n1. The zero-order valence-corrected chi connectivity index (χ0v) is 13.5. The number of aliphatic hydroxyl groups excluding tert-OH is 1. The number of nitrogens with zero attached hydrogens (tertiary/aromatic N) is 3. The third-order valence-corrected chi connectivity index (χ3v) is 4.30. The highest BCUT2D eigenvalue weighted by molar-refractivity contribution is 5.77. The molecule has 1 aromatic carbocycles. The number of halogens is 2. The zero-order chi connectivity index (χ0) is 17.4. The topological polar surface area (TPSA) is 58.4 Å². The number of aryl methyl sites for hydroxylation is 2. The van der Waals surface area contributed by atoms with Gasteiger partial charge in [0.1, 0.15) is 18.2 Å². The van der Waals surface area contributed by atoms with Crippen LogP contribution in [0.2, 0.25) is 0 Å². The lowest BCUT2D eigenvalue weighted by Crippen LogP contribution is -2.35. The van der Waals surface area contributed by atoms with Crippen molar-refractivity contribution in [3.8, 4) is 0 Å². The Morgan fingerprint density at radius 2 is 2.08 bits per heavy atom. The summed E-state index contributed by atoms with van der Waals surface area (Å²) in [6.07, 6.45) is -0.578. The van der Waals surface area contributed by atoms with Crippen molar-refractivity contribution in [2.45, 2.75) is 39.0 Å². The van der Waals surface area contributed by atoms with E-state index in [1.807, 2.05) is 19.9 Å². The van der Waals surface area contributed by atoms with E-state index >= 15 is 0 Å². The normalized spacial score (nSPS) is 20.6. The second kappa shape index (κ2) is 6.32. The van der Waals surface area contributed by atoms with Gasteiger partial charge in [0.2, 0.25) is 5.91 Å². The first-order chi connectivity index (χ1) is 11.3. The molecule has 2 aromatic rings. The Hall–Kier alpha value is -2.28. The van der Waals surface area contributed by atoms with Crippen molar-refractivity contribution in [3.63, 3.8) is 0 Å². The molecule has 3 rings (SSSR count). The highest BCUT2D eigenvalue weighted by atomic mass is 19.1. The number of likely N-dealkylation sites (tertiary alicyclic amines) is 1. The first-order valence-electron chi connectivity index (χ1n) is 7.78. The predicted octanol–water partition coefficient (Wildman–Crippen LogP) is 2.11. The molecule has 2 unspecified atom stereocenters. The molecule has 1 aliphatic rings. The minimum absolute atomic E-state index is 0.000171. The van der Waals surface area contributed by atoms with Gasteiger partial charge in [0.05, 0.1) is 17.8 Å². The van der Waals surface area contributed by atoms with E-state index in [-0.39, 0.29) is 31.0 Å². The maximum absolute atomic E-state index is 14.1. The average molecular weight is 335 g/mol. The Bertz CT molecular complexity index is 775. The molecule has 1 aliphatic heterocycles. The van der Waals surface area contributed by atoms with Gasteiger partial charge in [-0.25, -0.2) is 8.78 Å². The van der Waals surface area contributed by atoms with Gasteiger partial charge in [0, 0.05) is 17.8 Å². The quantitative estimate of drug-likeness (QED) is 0.935. The van der Waals surface area contributed by atoms with Crippen LogP contribution >= 0.6 is 0 Å². The highest BCUT2D eigenvalue weighted by Crippen LogP contribution is 2.34. The fourth-order valence-corrected chi connectivity index (χ4v) is 3.21. The first kappa shape index (κ1) is 16.6. The third-order valence-electron chi connectivity index (χ3n) is 4.30. The fourth-order valence-electron chi connectivity index (χ4n) is 3.21. The Morgan fingerprint density at radius 3 is 2.75 bits per heavy atom. The lowest BCUT2D eigenvalue weighted by Gasteiger charge is -2.25. The van der Waals surface area contributed by atoms with Crippen LogP contribution in [0.3, 0.4) is 0 Å². The van der Waals surface area contributed by atoms with E-state index in [1.54, 1.807) is 4.68 Å². The Morgan fingerprint density at radius 1 is 1.33 bits per heavy atom. The van der Waals surface area contributed by atoms with Gasteiger partial charge in [-0.2, -0.15) is 5.10 Å². The smallest absolute Gasteiger partial charge is 0.244 e. The molecule has 0 spiro atoms. The number of β-amino-alcohol motifs (C(OH)–C–C–N with tert-alkyl or cyclic N) is 1. The molecule has 0 radical (unpaired) electrons. The molecule has 0 aliphatic carbocycles. The lowest BCUT2D eigenvalue weighted by molar-refractivity contribution is -0.133. The van der Waals surface area contributed by atoms with E-state index in [1.165, 1.54) is 4.90 Å². The maximum atomic E-state index is 14.1. The summed E-state index contributed by atoms with van der Waals surface area (Å²) < 4.78 is 29.1. The molecule has 1 N–H and O–H groups in total. The number of hydrogen-bond acceptors (Lipinski definition) is 3. The maximum Gasteiger partial charge on any atom is 0.244 e. The number of carbonyl (C=O) groups excluding carboxylic acids is 1. The van der Waals surface area contributed by atoms with Gasteiger partial charge in [0.15, 0.2) is 0 Å². The Balaban J connectivity index is 1.86. The number of aromatic nitrogens is 2. The van der Waals surface area contributed by atoms with Crippen molar-refractivity contribution in [2.75, 3.05) is 6.54 Å². The minimum Gasteiger partial charge on any atom is -0.391 e. The molecular weight excluding hydrogens is 316 g/mol. The number of hydrogen-bond donors (Lipinski definition) is 1. The average Bonchev–Trinajstić information content (AvgIpc) is 3.04. The monoisotopic (exact) mass is 335 g/mol. The van der Waals surface area contributed by atoms with E-state index in [2.05, 4.69) is 5.10 Å². The van der Waals surface area contributed by atoms with Crippen LogP contribution in [0, 0.1) is 25.5 Å². The van der Waals surface area contributed by atoms with Crippen LogP contribution in [0.4, 0.5) is 8.78 Å². The van der Waals surface area contributed by atoms with Gasteiger partial charge in [-0.3, -0.25) is 9.48 Å². The molecule has 1 saturated heterocycles. The van der Waals surface area contributed by atoms with E-state index in [0.717, 1.165) is 29.6 Å². The molecule has 24 heavy (non-hydrogen) atoms. The molecule has 5 nitrogen and oxygen atoms in total. The molecular formula is C17H19F2N3O2. The molecule has 1 fully saturated rings. The van der Waals surface area contributed by atoms with E-state index in [9.17, 15) is 18.7 Å². The number of rotatable bonds is 3. The van der Waals surface area contributed by atoms with Crippen LogP contribution < -0.4 is 0 Å². The summed E-state index contributed by atoms with van der Waals surface area (Å²) in [6, 6.07) is 4.34. The molecule has 2 atom stereocenters. The van der Waals surface area contributed by atoms with Gasteiger partial charge in [-0.05, 0) is 44.5 Å². The van der Waals surface area contributed by atoms with E-state index in [0.29, 0.717) is 0 Å². The second-order valence-electron chi connectivity index (χ2n) is 6.20. The minimum atomic E-state index is -0.762. The third kappa shape index (κ3) is 3.17. The molecule has 1 aromatic heterocycles. The van der Waals surface area contributed by atoms with Crippen molar-refractivity contribution >= 4 is 5.91 Å². The van der Waals surface area contributed by atoms with Crippen LogP contribution in [0.25, 0.3) is 0 Å². The Kier molecular flexibility index (Phi) is 4.36.